The molecule has 1 unspecified atom stereocenters. The first-order valence-electron chi connectivity index (χ1n) is 5.83. The first kappa shape index (κ1) is 11.2. The molecule has 2 fully saturated rings. The van der Waals surface area contributed by atoms with Gasteiger partial charge in [-0.15, -0.1) is 0 Å². The Hall–Kier alpha value is -1.26. The van der Waals surface area contributed by atoms with E-state index in [9.17, 15) is 9.59 Å². The monoisotopic (exact) mass is 226 g/mol. The van der Waals surface area contributed by atoms with E-state index >= 15 is 0 Å². The van der Waals surface area contributed by atoms with Gasteiger partial charge in [-0.2, -0.15) is 0 Å². The maximum Gasteiger partial charge on any atom is 0.410 e. The van der Waals surface area contributed by atoms with E-state index in [1.54, 1.807) is 4.90 Å². The summed E-state index contributed by atoms with van der Waals surface area (Å²) in [4.78, 5) is 24.5. The van der Waals surface area contributed by atoms with Gasteiger partial charge >= 0.3 is 6.09 Å². The van der Waals surface area contributed by atoms with Gasteiger partial charge in [-0.3, -0.25) is 4.79 Å². The number of nitrogens with zero attached hydrogens (tertiary/aromatic N) is 1. The number of amides is 2. The molecule has 1 aliphatic heterocycles. The Balaban J connectivity index is 1.75. The lowest BCUT2D eigenvalue weighted by Crippen LogP contribution is -2.36. The molecule has 0 aromatic carbocycles. The van der Waals surface area contributed by atoms with Crippen LogP contribution in [-0.4, -0.2) is 42.1 Å². The summed E-state index contributed by atoms with van der Waals surface area (Å²) < 4.78 is 5.16. The second kappa shape index (κ2) is 4.31. The van der Waals surface area contributed by atoms with Gasteiger partial charge in [0.15, 0.2) is 0 Å². The van der Waals surface area contributed by atoms with E-state index in [0.717, 1.165) is 12.8 Å². The van der Waals surface area contributed by atoms with Gasteiger partial charge in [-0.05, 0) is 26.7 Å². The van der Waals surface area contributed by atoms with E-state index in [4.69, 9.17) is 4.74 Å². The summed E-state index contributed by atoms with van der Waals surface area (Å²) in [5, 5.41) is 2.82. The van der Waals surface area contributed by atoms with Crippen LogP contribution in [0.25, 0.3) is 0 Å². The first-order valence-corrected chi connectivity index (χ1v) is 5.83. The lowest BCUT2D eigenvalue weighted by molar-refractivity contribution is -0.122. The number of rotatable bonds is 4. The Labute approximate surface area is 95.1 Å². The summed E-state index contributed by atoms with van der Waals surface area (Å²) in [6.07, 6.45) is 1.52. The lowest BCUT2D eigenvalue weighted by atomic mass is 10.3. The van der Waals surface area contributed by atoms with Gasteiger partial charge in [0.05, 0.1) is 13.1 Å². The van der Waals surface area contributed by atoms with Crippen LogP contribution in [0.3, 0.4) is 0 Å². The van der Waals surface area contributed by atoms with Crippen molar-refractivity contribution in [2.24, 2.45) is 5.92 Å². The van der Waals surface area contributed by atoms with E-state index in [0.29, 0.717) is 13.1 Å². The highest BCUT2D eigenvalue weighted by molar-refractivity contribution is 5.80. The molecular weight excluding hydrogens is 208 g/mol. The third-order valence-electron chi connectivity index (χ3n) is 2.98. The molecular formula is C11H18N2O3. The van der Waals surface area contributed by atoms with Crippen LogP contribution in [0, 0.1) is 5.92 Å². The van der Waals surface area contributed by atoms with Crippen LogP contribution in [0.2, 0.25) is 0 Å². The third kappa shape index (κ3) is 2.46. The fraction of sp³-hybridized carbons (Fsp3) is 0.818. The summed E-state index contributed by atoms with van der Waals surface area (Å²) in [6.45, 7) is 4.91. The molecule has 90 valence electrons. The number of nitrogens with one attached hydrogen (secondary N) is 1. The van der Waals surface area contributed by atoms with E-state index in [1.807, 2.05) is 13.8 Å². The van der Waals surface area contributed by atoms with Crippen molar-refractivity contribution in [1.82, 2.24) is 10.2 Å². The molecule has 0 aromatic heterocycles. The predicted molar refractivity (Wildman–Crippen MR) is 57.8 cm³/mol. The van der Waals surface area contributed by atoms with Crippen LogP contribution in [0.5, 0.6) is 0 Å². The number of hydrogen-bond donors (Lipinski definition) is 1. The number of carbonyl (C=O) groups excluding carboxylic acids is 2. The molecule has 16 heavy (non-hydrogen) atoms. The van der Waals surface area contributed by atoms with Crippen molar-refractivity contribution in [3.8, 4) is 0 Å². The van der Waals surface area contributed by atoms with Gasteiger partial charge in [0.25, 0.3) is 0 Å². The summed E-state index contributed by atoms with van der Waals surface area (Å²) in [5.74, 6) is 0.303. The van der Waals surface area contributed by atoms with E-state index in [-0.39, 0.29) is 30.1 Å². The topological polar surface area (TPSA) is 58.6 Å². The fourth-order valence-corrected chi connectivity index (χ4v) is 1.77. The van der Waals surface area contributed by atoms with Crippen LogP contribution >= 0.6 is 0 Å². The smallest absolute Gasteiger partial charge is 0.410 e. The zero-order chi connectivity index (χ0) is 11.7. The normalized spacial score (nSPS) is 24.8. The van der Waals surface area contributed by atoms with Gasteiger partial charge in [0.2, 0.25) is 5.91 Å². The molecule has 1 atom stereocenters. The Morgan fingerprint density at radius 3 is 2.75 bits per heavy atom. The van der Waals surface area contributed by atoms with Crippen molar-refractivity contribution in [2.75, 3.05) is 13.1 Å². The minimum Gasteiger partial charge on any atom is -0.442 e. The first-order chi connectivity index (χ1) is 7.58. The van der Waals surface area contributed by atoms with Crippen molar-refractivity contribution in [3.63, 3.8) is 0 Å². The molecule has 2 amide bonds. The maximum absolute atomic E-state index is 11.4. The molecule has 1 N–H and O–H groups in total. The van der Waals surface area contributed by atoms with Crippen molar-refractivity contribution in [2.45, 2.75) is 38.8 Å². The maximum atomic E-state index is 11.4. The molecule has 1 heterocycles. The number of ether oxygens (including phenoxy) is 1. The molecule has 0 aromatic rings. The summed E-state index contributed by atoms with van der Waals surface area (Å²) >= 11 is 0. The van der Waals surface area contributed by atoms with Crippen molar-refractivity contribution < 1.29 is 14.3 Å². The van der Waals surface area contributed by atoms with Crippen LogP contribution in [0.4, 0.5) is 4.79 Å². The van der Waals surface area contributed by atoms with Gasteiger partial charge in [0, 0.05) is 12.0 Å². The zero-order valence-corrected chi connectivity index (χ0v) is 9.73. The Morgan fingerprint density at radius 1 is 1.56 bits per heavy atom. The zero-order valence-electron chi connectivity index (χ0n) is 9.73. The molecule has 1 saturated heterocycles. The molecule has 5 heteroatoms. The predicted octanol–water partition coefficient (Wildman–Crippen LogP) is 0.742. The highest BCUT2D eigenvalue weighted by atomic mass is 16.6. The largest absolute Gasteiger partial charge is 0.442 e. The van der Waals surface area contributed by atoms with Gasteiger partial charge < -0.3 is 15.0 Å². The van der Waals surface area contributed by atoms with Crippen molar-refractivity contribution in [1.29, 1.82) is 0 Å². The molecule has 5 nitrogen and oxygen atoms in total. The molecule has 0 radical (unpaired) electrons. The van der Waals surface area contributed by atoms with E-state index < -0.39 is 0 Å². The standard InChI is InChI=1S/C11H18N2O3/c1-7(2)13-6-9(16-11(13)15)5-12-10(14)8-3-4-8/h7-9H,3-6H2,1-2H3,(H,12,14). The quantitative estimate of drug-likeness (QED) is 0.769. The van der Waals surface area contributed by atoms with E-state index in [1.165, 1.54) is 0 Å². The molecule has 1 saturated carbocycles. The Kier molecular flexibility index (Phi) is 3.03. The molecule has 0 spiro atoms. The fourth-order valence-electron chi connectivity index (χ4n) is 1.77. The van der Waals surface area contributed by atoms with Crippen molar-refractivity contribution in [3.05, 3.63) is 0 Å². The van der Waals surface area contributed by atoms with Crippen LogP contribution in [0.1, 0.15) is 26.7 Å². The second-order valence-electron chi connectivity index (χ2n) is 4.77. The minimum absolute atomic E-state index is 0.0963. The number of carbonyl (C=O) groups is 2. The average molecular weight is 226 g/mol. The van der Waals surface area contributed by atoms with Crippen LogP contribution in [-0.2, 0) is 9.53 Å². The Morgan fingerprint density at radius 2 is 2.25 bits per heavy atom. The third-order valence-corrected chi connectivity index (χ3v) is 2.98. The highest BCUT2D eigenvalue weighted by Crippen LogP contribution is 2.28. The van der Waals surface area contributed by atoms with Crippen molar-refractivity contribution >= 4 is 12.0 Å². The molecule has 0 bridgehead atoms. The molecule has 2 aliphatic rings. The number of hydrogen-bond acceptors (Lipinski definition) is 3. The van der Waals surface area contributed by atoms with Gasteiger partial charge in [0.1, 0.15) is 6.10 Å². The molecule has 1 aliphatic carbocycles. The van der Waals surface area contributed by atoms with Crippen LogP contribution < -0.4 is 5.32 Å². The lowest BCUT2D eigenvalue weighted by Gasteiger charge is -2.16. The second-order valence-corrected chi connectivity index (χ2v) is 4.77. The Bertz CT molecular complexity index is 300. The SMILES string of the molecule is CC(C)N1CC(CNC(=O)C2CC2)OC1=O. The van der Waals surface area contributed by atoms with Crippen LogP contribution in [0.15, 0.2) is 0 Å². The average Bonchev–Trinajstić information content (AvgIpc) is 2.99. The molecule has 2 rings (SSSR count). The minimum atomic E-state index is -0.277. The van der Waals surface area contributed by atoms with Gasteiger partial charge in [-0.1, -0.05) is 0 Å². The van der Waals surface area contributed by atoms with Gasteiger partial charge in [-0.25, -0.2) is 4.79 Å². The summed E-state index contributed by atoms with van der Waals surface area (Å²) in [6, 6.07) is 0.150. The summed E-state index contributed by atoms with van der Waals surface area (Å²) in [5.41, 5.74) is 0. The van der Waals surface area contributed by atoms with E-state index in [2.05, 4.69) is 5.32 Å². The summed E-state index contributed by atoms with van der Waals surface area (Å²) in [7, 11) is 0. The number of cyclic esters (lactones) is 1. The highest BCUT2D eigenvalue weighted by Gasteiger charge is 2.34.